The molecule has 1 aromatic heterocycles. The summed E-state index contributed by atoms with van der Waals surface area (Å²) >= 11 is 12.6. The Hall–Kier alpha value is -1.81. The lowest BCUT2D eigenvalue weighted by atomic mass is 9.87. The first-order valence-corrected chi connectivity index (χ1v) is 8.01. The number of aliphatic hydroxyl groups is 1. The van der Waals surface area contributed by atoms with Gasteiger partial charge in [-0.3, -0.25) is 0 Å². The van der Waals surface area contributed by atoms with E-state index >= 15 is 0 Å². The van der Waals surface area contributed by atoms with E-state index < -0.39 is 5.60 Å². The molecule has 2 aromatic carbocycles. The van der Waals surface area contributed by atoms with E-state index in [2.05, 4.69) is 4.98 Å². The van der Waals surface area contributed by atoms with Crippen LogP contribution in [0.2, 0.25) is 10.0 Å². The van der Waals surface area contributed by atoms with Crippen LogP contribution in [-0.4, -0.2) is 14.7 Å². The lowest BCUT2D eigenvalue weighted by molar-refractivity contribution is 0.0186. The number of aromatic nitrogens is 2. The number of rotatable bonds is 5. The van der Waals surface area contributed by atoms with Crippen LogP contribution in [0.3, 0.4) is 0 Å². The Morgan fingerprint density at radius 1 is 1.00 bits per heavy atom. The highest BCUT2D eigenvalue weighted by Crippen LogP contribution is 2.34. The Kier molecular flexibility index (Phi) is 4.71. The molecule has 1 heterocycles. The van der Waals surface area contributed by atoms with E-state index in [4.69, 9.17) is 23.2 Å². The van der Waals surface area contributed by atoms with Crippen molar-refractivity contribution in [3.63, 3.8) is 0 Å². The molecule has 0 spiro atoms. The van der Waals surface area contributed by atoms with Crippen molar-refractivity contribution in [2.75, 3.05) is 0 Å². The van der Waals surface area contributed by atoms with Gasteiger partial charge in [0.2, 0.25) is 0 Å². The summed E-state index contributed by atoms with van der Waals surface area (Å²) in [5.74, 6) is 0. The lowest BCUT2D eigenvalue weighted by Crippen LogP contribution is -2.34. The summed E-state index contributed by atoms with van der Waals surface area (Å²) in [7, 11) is 0. The third-order valence-corrected chi connectivity index (χ3v) is 4.55. The first-order valence-electron chi connectivity index (χ1n) is 7.25. The van der Waals surface area contributed by atoms with Crippen LogP contribution in [0.25, 0.3) is 0 Å². The average molecular weight is 347 g/mol. The van der Waals surface area contributed by atoms with E-state index in [1.54, 1.807) is 30.7 Å². The molecule has 3 aromatic rings. The monoisotopic (exact) mass is 346 g/mol. The van der Waals surface area contributed by atoms with Gasteiger partial charge in [-0.2, -0.15) is 0 Å². The topological polar surface area (TPSA) is 38.0 Å². The summed E-state index contributed by atoms with van der Waals surface area (Å²) in [5.41, 5.74) is 0.406. The molecule has 3 rings (SSSR count). The van der Waals surface area contributed by atoms with Gasteiger partial charge in [0.15, 0.2) is 0 Å². The van der Waals surface area contributed by atoms with Gasteiger partial charge in [0.1, 0.15) is 5.60 Å². The lowest BCUT2D eigenvalue weighted by Gasteiger charge is -2.30. The maximum absolute atomic E-state index is 11.4. The Morgan fingerprint density at radius 2 is 1.70 bits per heavy atom. The molecule has 0 bridgehead atoms. The maximum atomic E-state index is 11.4. The number of benzene rings is 2. The highest BCUT2D eigenvalue weighted by atomic mass is 35.5. The number of halogens is 2. The van der Waals surface area contributed by atoms with Crippen LogP contribution < -0.4 is 0 Å². The van der Waals surface area contributed by atoms with Crippen LogP contribution in [-0.2, 0) is 18.6 Å². The molecule has 0 aliphatic carbocycles. The molecule has 5 heteroatoms. The van der Waals surface area contributed by atoms with Crippen molar-refractivity contribution in [3.05, 3.63) is 88.4 Å². The van der Waals surface area contributed by atoms with Gasteiger partial charge in [0, 0.05) is 28.9 Å². The first-order chi connectivity index (χ1) is 11.1. The standard InChI is InChI=1S/C18H16Cl2N2O/c19-16-7-4-8-17(20)15(16)11-18(23,12-22-10-9-21-13-22)14-5-2-1-3-6-14/h1-10,13,23H,11-12H2. The number of nitrogens with zero attached hydrogens (tertiary/aromatic N) is 2. The van der Waals surface area contributed by atoms with Gasteiger partial charge in [-0.15, -0.1) is 0 Å². The van der Waals surface area contributed by atoms with Crippen molar-refractivity contribution < 1.29 is 5.11 Å². The van der Waals surface area contributed by atoms with Crippen molar-refractivity contribution >= 4 is 23.2 Å². The van der Waals surface area contributed by atoms with E-state index in [0.717, 1.165) is 11.1 Å². The molecule has 1 unspecified atom stereocenters. The van der Waals surface area contributed by atoms with Crippen molar-refractivity contribution in [1.29, 1.82) is 0 Å². The molecule has 0 radical (unpaired) electrons. The fourth-order valence-electron chi connectivity index (χ4n) is 2.67. The van der Waals surface area contributed by atoms with E-state index in [1.165, 1.54) is 0 Å². The van der Waals surface area contributed by atoms with Crippen LogP contribution in [0.5, 0.6) is 0 Å². The minimum atomic E-state index is -1.14. The zero-order chi connectivity index (χ0) is 16.3. The summed E-state index contributed by atoms with van der Waals surface area (Å²) in [6.45, 7) is 0.360. The minimum absolute atomic E-state index is 0.313. The fraction of sp³-hybridized carbons (Fsp3) is 0.167. The van der Waals surface area contributed by atoms with Crippen LogP contribution in [0.1, 0.15) is 11.1 Å². The van der Waals surface area contributed by atoms with E-state index in [0.29, 0.717) is 23.0 Å². The van der Waals surface area contributed by atoms with Gasteiger partial charge in [-0.1, -0.05) is 59.6 Å². The number of imidazole rings is 1. The van der Waals surface area contributed by atoms with Gasteiger partial charge >= 0.3 is 0 Å². The molecule has 0 fully saturated rings. The first kappa shape index (κ1) is 16.1. The Balaban J connectivity index is 2.02. The van der Waals surface area contributed by atoms with Crippen LogP contribution >= 0.6 is 23.2 Å². The normalized spacial score (nSPS) is 13.7. The summed E-state index contributed by atoms with van der Waals surface area (Å²) < 4.78 is 1.84. The van der Waals surface area contributed by atoms with E-state index in [9.17, 15) is 5.11 Å². The zero-order valence-electron chi connectivity index (χ0n) is 12.4. The summed E-state index contributed by atoms with van der Waals surface area (Å²) in [5, 5.41) is 12.5. The third kappa shape index (κ3) is 3.58. The van der Waals surface area contributed by atoms with Gasteiger partial charge in [-0.25, -0.2) is 4.98 Å². The van der Waals surface area contributed by atoms with Crippen LogP contribution in [0.15, 0.2) is 67.3 Å². The molecule has 1 atom stereocenters. The van der Waals surface area contributed by atoms with Gasteiger partial charge in [0.05, 0.1) is 12.9 Å². The molecule has 3 nitrogen and oxygen atoms in total. The molecule has 1 N–H and O–H groups in total. The van der Waals surface area contributed by atoms with Crippen molar-refractivity contribution in [1.82, 2.24) is 9.55 Å². The van der Waals surface area contributed by atoms with Gasteiger partial charge < -0.3 is 9.67 Å². The summed E-state index contributed by atoms with van der Waals surface area (Å²) in [6.07, 6.45) is 5.51. The van der Waals surface area contributed by atoms with Gasteiger partial charge in [-0.05, 0) is 23.3 Å². The van der Waals surface area contributed by atoms with E-state index in [1.807, 2.05) is 41.1 Å². The Bertz CT molecular complexity index is 755. The van der Waals surface area contributed by atoms with Crippen LogP contribution in [0.4, 0.5) is 0 Å². The zero-order valence-corrected chi connectivity index (χ0v) is 13.9. The smallest absolute Gasteiger partial charge is 0.112 e. The second kappa shape index (κ2) is 6.75. The number of hydrogen-bond acceptors (Lipinski definition) is 2. The van der Waals surface area contributed by atoms with Gasteiger partial charge in [0.25, 0.3) is 0 Å². The molecule has 0 amide bonds. The molecule has 0 saturated heterocycles. The molecule has 0 saturated carbocycles. The minimum Gasteiger partial charge on any atom is -0.383 e. The average Bonchev–Trinajstić information content (AvgIpc) is 3.05. The SMILES string of the molecule is OC(Cc1c(Cl)cccc1Cl)(Cn1ccnc1)c1ccccc1. The Morgan fingerprint density at radius 3 is 2.30 bits per heavy atom. The van der Waals surface area contributed by atoms with Crippen molar-refractivity contribution in [3.8, 4) is 0 Å². The van der Waals surface area contributed by atoms with Crippen molar-refractivity contribution in [2.45, 2.75) is 18.6 Å². The van der Waals surface area contributed by atoms with Crippen LogP contribution in [0, 0.1) is 0 Å². The third-order valence-electron chi connectivity index (χ3n) is 3.85. The highest BCUT2D eigenvalue weighted by molar-refractivity contribution is 6.36. The second-order valence-electron chi connectivity index (χ2n) is 5.51. The van der Waals surface area contributed by atoms with E-state index in [-0.39, 0.29) is 0 Å². The summed E-state index contributed by atoms with van der Waals surface area (Å²) in [4.78, 5) is 4.04. The molecule has 0 aliphatic rings. The maximum Gasteiger partial charge on any atom is 0.112 e. The predicted octanol–water partition coefficient (Wildman–Crippen LogP) is 4.32. The summed E-state index contributed by atoms with van der Waals surface area (Å²) in [6, 6.07) is 14.9. The Labute approximate surface area is 145 Å². The molecular weight excluding hydrogens is 331 g/mol. The number of hydrogen-bond donors (Lipinski definition) is 1. The predicted molar refractivity (Wildman–Crippen MR) is 92.7 cm³/mol. The largest absolute Gasteiger partial charge is 0.383 e. The fourth-order valence-corrected chi connectivity index (χ4v) is 3.20. The molecular formula is C18H16Cl2N2O. The molecule has 0 aliphatic heterocycles. The quantitative estimate of drug-likeness (QED) is 0.746. The second-order valence-corrected chi connectivity index (χ2v) is 6.32. The highest BCUT2D eigenvalue weighted by Gasteiger charge is 2.31. The molecule has 118 valence electrons. The molecule has 23 heavy (non-hydrogen) atoms. The van der Waals surface area contributed by atoms with Crippen molar-refractivity contribution in [2.24, 2.45) is 0 Å².